The first-order valence-corrected chi connectivity index (χ1v) is 36.2. The van der Waals surface area contributed by atoms with E-state index in [0.717, 1.165) is 116 Å². The van der Waals surface area contributed by atoms with Gasteiger partial charge in [0.05, 0.1) is 45.6 Å². The van der Waals surface area contributed by atoms with E-state index in [9.17, 15) is 14.4 Å². The third kappa shape index (κ3) is 21.2. The number of rotatable bonds is 10. The molecule has 10 heterocycles. The summed E-state index contributed by atoms with van der Waals surface area (Å²) >= 11 is 0. The molecule has 16 rings (SSSR count). The molecule has 3 aliphatic heterocycles. The number of hydrogen-bond donors (Lipinski definition) is 6. The van der Waals surface area contributed by atoms with Crippen molar-refractivity contribution in [3.63, 3.8) is 0 Å². The van der Waals surface area contributed by atoms with Crippen LogP contribution in [0.25, 0.3) is 23.0 Å². The molecular weight excluding hydrogens is 1350 g/mol. The summed E-state index contributed by atoms with van der Waals surface area (Å²) in [6.07, 6.45) is 25.1. The number of ether oxygens (including phenoxy) is 2. The molecule has 10 aromatic rings. The zero-order chi connectivity index (χ0) is 73.8. The van der Waals surface area contributed by atoms with Crippen LogP contribution in [0.15, 0.2) is 270 Å². The second-order valence-electron chi connectivity index (χ2n) is 26.3. The molecule has 1 saturated heterocycles. The van der Waals surface area contributed by atoms with Crippen LogP contribution in [0.5, 0.6) is 17.2 Å². The molecule has 0 radical (unpaired) electrons. The molecule has 25 nitrogen and oxygen atoms in total. The molecule has 25 heteroatoms. The van der Waals surface area contributed by atoms with Gasteiger partial charge in [0.1, 0.15) is 28.6 Å². The predicted molar refractivity (Wildman–Crippen MR) is 409 cm³/mol. The zero-order valence-electron chi connectivity index (χ0n) is 59.0. The lowest BCUT2D eigenvalue weighted by Crippen LogP contribution is -2.51. The first-order valence-electron chi connectivity index (χ1n) is 36.2. The molecule has 6 unspecified atom stereocenters. The van der Waals surface area contributed by atoms with Crippen molar-refractivity contribution in [1.82, 2.24) is 66.2 Å². The third-order valence-corrected chi connectivity index (χ3v) is 19.3. The Bertz CT molecular complexity index is 4450. The lowest BCUT2D eigenvalue weighted by Gasteiger charge is -2.37. The summed E-state index contributed by atoms with van der Waals surface area (Å²) in [6.45, 7) is 0. The number of hydrogen-bond acceptors (Lipinski definition) is 22. The molecule has 8 N–H and O–H groups in total. The highest BCUT2D eigenvalue weighted by atomic mass is 16.6. The Kier molecular flexibility index (Phi) is 26.7. The van der Waals surface area contributed by atoms with Crippen LogP contribution in [0, 0.1) is 29.6 Å². The molecular formula is C82H85N19O6. The van der Waals surface area contributed by atoms with Gasteiger partial charge in [0.2, 0.25) is 17.6 Å². The van der Waals surface area contributed by atoms with E-state index in [-0.39, 0.29) is 59.8 Å². The highest BCUT2D eigenvalue weighted by Crippen LogP contribution is 2.40. The van der Waals surface area contributed by atoms with E-state index in [0.29, 0.717) is 59.0 Å². The smallest absolute Gasteiger partial charge is 0.412 e. The SMILES string of the molecule is N[C@H]1CC/C=C/CC[C@H]1NC(=O)Oc1ccccc1.N[C@H]1CCC2C(c3ccccn3)=NN=C(c3ccccn3)C2CC[C@H]1NC(=O)Oc1ccccc1.O=C1CC2CCC3C(c4ccccn4)=NN=C(c4ccccn4)C3CCC2N1.Oc1ccccc1.c1ccc(-c2nnc(-c3ccccn3)nn2)nc1. The van der Waals surface area contributed by atoms with Crippen LogP contribution >= 0.6 is 0 Å². The van der Waals surface area contributed by atoms with Crippen molar-refractivity contribution in [2.24, 2.45) is 61.5 Å². The Hall–Kier alpha value is -12.4. The van der Waals surface area contributed by atoms with E-state index in [1.54, 1.807) is 91.6 Å². The minimum Gasteiger partial charge on any atom is -0.508 e. The second-order valence-corrected chi connectivity index (χ2v) is 26.3. The number of nitrogens with one attached hydrogen (secondary N) is 3. The van der Waals surface area contributed by atoms with Gasteiger partial charge in [-0.25, -0.2) is 9.59 Å². The van der Waals surface area contributed by atoms with Gasteiger partial charge < -0.3 is 42.0 Å². The second kappa shape index (κ2) is 38.4. The number of allylic oxidation sites excluding steroid dienone is 2. The normalized spacial score (nSPS) is 22.3. The largest absolute Gasteiger partial charge is 0.508 e. The standard InChI is InChI=1S/C27H28N6O2.C22H23N5O.C15H20N2O2.C12H8N6.C6H6O/c28-21-14-12-19-20(13-15-22(21)31-27(34)35-18-8-2-1-3-9-18)26(24-11-5-7-17-30-24)33-32-25(19)23-10-4-6-16-29-23;28-20-13-14-7-8-15-16(9-10-17(14)25-20)22(19-6-2-4-12-24-19)27-26-21(15)18-5-1-3-11-23-18;16-13-10-6-1-2-7-11-14(13)17-15(18)19-12-8-4-3-5-9-12;1-3-7-13-9(5-1)11-15-17-12(18-16-11)10-6-2-4-8-14-10;7-6-4-2-1-3-5-6/h1-11,16-17,19-22H,12-15,28H2,(H,31,34);1-6,11-12,14-17H,7-10,13H2,(H,25,28);1-5,8-9,13-14H,6-7,10-11,16H2,(H,17,18);1-8H;1-5,7H/b;;2-1+;;/t19?,20?,21-,22+;;13-,14+;;/m0.0../s1. The molecule has 6 aliphatic rings. The summed E-state index contributed by atoms with van der Waals surface area (Å²) in [4.78, 5) is 62.8. The van der Waals surface area contributed by atoms with E-state index in [4.69, 9.17) is 26.0 Å². The van der Waals surface area contributed by atoms with Gasteiger partial charge in [-0.1, -0.05) is 103 Å². The van der Waals surface area contributed by atoms with Crippen molar-refractivity contribution in [1.29, 1.82) is 0 Å². The molecule has 2 saturated carbocycles. The molecule has 107 heavy (non-hydrogen) atoms. The van der Waals surface area contributed by atoms with Gasteiger partial charge in [0.15, 0.2) is 0 Å². The van der Waals surface area contributed by atoms with Gasteiger partial charge in [-0.05, 0) is 192 Å². The van der Waals surface area contributed by atoms with Crippen LogP contribution < -0.4 is 36.9 Å². The number of para-hydroxylation sites is 3. The monoisotopic (exact) mass is 1430 g/mol. The molecule has 544 valence electrons. The fourth-order valence-electron chi connectivity index (χ4n) is 13.9. The van der Waals surface area contributed by atoms with Gasteiger partial charge in [0, 0.05) is 97.5 Å². The third-order valence-electron chi connectivity index (χ3n) is 19.3. The van der Waals surface area contributed by atoms with E-state index in [1.807, 2.05) is 146 Å². The summed E-state index contributed by atoms with van der Waals surface area (Å²) < 4.78 is 10.7. The number of amides is 3. The van der Waals surface area contributed by atoms with Crippen molar-refractivity contribution in [3.8, 4) is 40.3 Å². The zero-order valence-corrected chi connectivity index (χ0v) is 59.0. The van der Waals surface area contributed by atoms with Crippen LogP contribution in [0.1, 0.15) is 106 Å². The first-order chi connectivity index (χ1) is 52.6. The molecule has 7 aromatic heterocycles. The van der Waals surface area contributed by atoms with Crippen molar-refractivity contribution in [2.75, 3.05) is 0 Å². The van der Waals surface area contributed by atoms with Crippen molar-refractivity contribution in [3.05, 3.63) is 272 Å². The quantitative estimate of drug-likeness (QED) is 0.0693. The lowest BCUT2D eigenvalue weighted by molar-refractivity contribution is -0.119. The van der Waals surface area contributed by atoms with Crippen molar-refractivity contribution >= 4 is 40.9 Å². The molecule has 3 amide bonds. The number of aromatic nitrogens is 10. The van der Waals surface area contributed by atoms with Gasteiger partial charge >= 0.3 is 12.2 Å². The lowest BCUT2D eigenvalue weighted by atomic mass is 9.71. The molecule has 10 atom stereocenters. The number of phenolic OH excluding ortho intramolecular Hbond substituents is 1. The van der Waals surface area contributed by atoms with Gasteiger partial charge in [0.25, 0.3) is 0 Å². The number of carbonyl (C=O) groups is 3. The van der Waals surface area contributed by atoms with Crippen molar-refractivity contribution < 1.29 is 29.0 Å². The summed E-state index contributed by atoms with van der Waals surface area (Å²) in [7, 11) is 0. The average Bonchev–Trinajstić information content (AvgIpc) is 1.60. The van der Waals surface area contributed by atoms with Gasteiger partial charge in [-0.2, -0.15) is 20.4 Å². The summed E-state index contributed by atoms with van der Waals surface area (Å²) in [5, 5.41) is 52.2. The topological polar surface area (TPSA) is 356 Å². The van der Waals surface area contributed by atoms with E-state index >= 15 is 0 Å². The van der Waals surface area contributed by atoms with Crippen LogP contribution in [-0.2, 0) is 4.79 Å². The molecule has 0 spiro atoms. The number of nitrogens with two attached hydrogens (primary N) is 2. The Morgan fingerprint density at radius 1 is 0.383 bits per heavy atom. The van der Waals surface area contributed by atoms with Crippen LogP contribution in [-0.4, -0.2) is 127 Å². The fraction of sp³-hybridized carbons (Fsp3) is 0.280. The molecule has 3 aromatic carbocycles. The van der Waals surface area contributed by atoms with E-state index in [2.05, 4.69) is 98.8 Å². The maximum Gasteiger partial charge on any atom is 0.412 e. The fourth-order valence-corrected chi connectivity index (χ4v) is 13.9. The van der Waals surface area contributed by atoms with Crippen molar-refractivity contribution in [2.45, 2.75) is 114 Å². The highest BCUT2D eigenvalue weighted by Gasteiger charge is 2.43. The first kappa shape index (κ1) is 74.4. The summed E-state index contributed by atoms with van der Waals surface area (Å²) in [5.41, 5.74) is 21.1. The predicted octanol–water partition coefficient (Wildman–Crippen LogP) is 12.4. The number of benzene rings is 3. The maximum atomic E-state index is 12.6. The van der Waals surface area contributed by atoms with Crippen LogP contribution in [0.3, 0.4) is 0 Å². The average molecular weight is 1430 g/mol. The Labute approximate surface area is 620 Å². The molecule has 0 bridgehead atoms. The Morgan fingerprint density at radius 2 is 0.720 bits per heavy atom. The number of carbonyl (C=O) groups excluding carboxylic acids is 3. The number of aromatic hydroxyl groups is 1. The number of pyridine rings is 6. The van der Waals surface area contributed by atoms with Gasteiger partial charge in [-0.3, -0.25) is 34.7 Å². The van der Waals surface area contributed by atoms with E-state index in [1.165, 1.54) is 0 Å². The minimum atomic E-state index is -0.494. The number of phenols is 1. The number of nitrogens with zero attached hydrogens (tertiary/aromatic N) is 14. The van der Waals surface area contributed by atoms with Gasteiger partial charge in [-0.15, -0.1) is 20.4 Å². The van der Waals surface area contributed by atoms with Crippen LogP contribution in [0.4, 0.5) is 9.59 Å². The summed E-state index contributed by atoms with van der Waals surface area (Å²) in [6, 6.07) is 61.1. The van der Waals surface area contributed by atoms with E-state index < -0.39 is 12.2 Å². The Morgan fingerprint density at radius 3 is 1.10 bits per heavy atom. The summed E-state index contributed by atoms with van der Waals surface area (Å²) in [5.74, 6) is 3.46. The molecule has 3 fully saturated rings. The van der Waals surface area contributed by atoms with Crippen LogP contribution in [0.2, 0.25) is 0 Å². The number of fused-ring (bicyclic) bond motifs is 3. The maximum absolute atomic E-state index is 12.6. The Balaban J connectivity index is 0.000000133. The molecule has 3 aliphatic carbocycles. The highest BCUT2D eigenvalue weighted by molar-refractivity contribution is 6.11. The minimum absolute atomic E-state index is 0.0201.